The molecule has 0 aliphatic carbocycles. The van der Waals surface area contributed by atoms with Crippen molar-refractivity contribution >= 4 is 54.7 Å². The van der Waals surface area contributed by atoms with E-state index in [1.165, 1.54) is 12.1 Å². The van der Waals surface area contributed by atoms with Gasteiger partial charge in [-0.25, -0.2) is 13.2 Å². The summed E-state index contributed by atoms with van der Waals surface area (Å²) in [7, 11) is 0. The van der Waals surface area contributed by atoms with Crippen molar-refractivity contribution in [1.29, 1.82) is 5.26 Å². The van der Waals surface area contributed by atoms with Gasteiger partial charge in [-0.1, -0.05) is 17.7 Å². The number of alkyl halides is 1. The van der Waals surface area contributed by atoms with Crippen LogP contribution in [0.5, 0.6) is 11.8 Å². The molecule has 0 bridgehead atoms. The third-order valence-electron chi connectivity index (χ3n) is 9.69. The number of nitriles is 1. The zero-order valence-electron chi connectivity index (χ0n) is 23.6. The second-order valence-electron chi connectivity index (χ2n) is 12.2. The molecule has 6 heterocycles. The van der Waals surface area contributed by atoms with E-state index in [2.05, 4.69) is 14.8 Å². The third-order valence-corrected chi connectivity index (χ3v) is 11.1. The van der Waals surface area contributed by atoms with Gasteiger partial charge in [0.05, 0.1) is 32.3 Å². The molecule has 4 aliphatic rings. The highest BCUT2D eigenvalue weighted by atomic mass is 35.5. The van der Waals surface area contributed by atoms with Crippen LogP contribution in [0, 0.1) is 23.0 Å². The first-order chi connectivity index (χ1) is 21.3. The molecule has 0 saturated carbocycles. The van der Waals surface area contributed by atoms with Crippen LogP contribution in [0.1, 0.15) is 44.1 Å². The molecule has 2 aromatic carbocycles. The Bertz CT molecular complexity index is 1900. The van der Waals surface area contributed by atoms with Gasteiger partial charge in [-0.15, -0.1) is 11.3 Å². The van der Waals surface area contributed by atoms with E-state index in [0.717, 1.165) is 50.0 Å². The van der Waals surface area contributed by atoms with Crippen molar-refractivity contribution in [2.75, 3.05) is 43.5 Å². The fourth-order valence-corrected chi connectivity index (χ4v) is 8.95. The summed E-state index contributed by atoms with van der Waals surface area (Å²) in [4.78, 5) is 13.6. The lowest BCUT2D eigenvalue weighted by molar-refractivity contribution is 0.107. The van der Waals surface area contributed by atoms with Crippen molar-refractivity contribution in [2.24, 2.45) is 0 Å². The van der Waals surface area contributed by atoms with Gasteiger partial charge in [0.25, 0.3) is 0 Å². The van der Waals surface area contributed by atoms with Crippen molar-refractivity contribution in [3.05, 3.63) is 34.4 Å². The molecule has 4 aromatic rings. The number of rotatable bonds is 4. The summed E-state index contributed by atoms with van der Waals surface area (Å²) >= 11 is 7.91. The largest absolute Gasteiger partial charge is 0.489 e. The molecule has 4 aliphatic heterocycles. The van der Waals surface area contributed by atoms with Gasteiger partial charge in [0, 0.05) is 30.5 Å². The summed E-state index contributed by atoms with van der Waals surface area (Å²) in [6.07, 6.45) is 4.02. The molecule has 2 aromatic heterocycles. The molecule has 228 valence electrons. The van der Waals surface area contributed by atoms with Crippen LogP contribution in [-0.2, 0) is 0 Å². The van der Waals surface area contributed by atoms with E-state index in [-0.39, 0.29) is 66.7 Å². The van der Waals surface area contributed by atoms with Gasteiger partial charge in [-0.3, -0.25) is 4.90 Å². The number of nitrogens with two attached hydrogens (primary N) is 1. The second kappa shape index (κ2) is 10.3. The van der Waals surface area contributed by atoms with E-state index in [1.807, 2.05) is 6.07 Å². The second-order valence-corrected chi connectivity index (χ2v) is 13.6. The van der Waals surface area contributed by atoms with Gasteiger partial charge in [-0.05, 0) is 50.3 Å². The number of hydrogen-bond acceptors (Lipinski definition) is 9. The lowest BCUT2D eigenvalue weighted by atomic mass is 9.95. The van der Waals surface area contributed by atoms with Gasteiger partial charge in [-0.2, -0.15) is 15.2 Å². The normalized spacial score (nSPS) is 24.7. The average Bonchev–Trinajstić information content (AvgIpc) is 3.62. The predicted molar refractivity (Wildman–Crippen MR) is 163 cm³/mol. The average molecular weight is 641 g/mol. The van der Waals surface area contributed by atoms with E-state index in [1.54, 1.807) is 0 Å². The summed E-state index contributed by atoms with van der Waals surface area (Å²) in [5.41, 5.74) is 5.77. The smallest absolute Gasteiger partial charge is 0.319 e. The number of aromatic nitrogens is 2. The first-order valence-electron chi connectivity index (χ1n) is 14.8. The molecule has 3 atom stereocenters. The quantitative estimate of drug-likeness (QED) is 0.266. The number of hydrogen-bond donors (Lipinski definition) is 1. The Morgan fingerprint density at radius 3 is 2.91 bits per heavy atom. The molecule has 8 nitrogen and oxygen atoms in total. The molecule has 8 rings (SSSR count). The van der Waals surface area contributed by atoms with Gasteiger partial charge in [0.15, 0.2) is 11.6 Å². The van der Waals surface area contributed by atoms with Crippen LogP contribution < -0.4 is 20.1 Å². The van der Waals surface area contributed by atoms with Crippen LogP contribution >= 0.6 is 22.9 Å². The molecule has 1 unspecified atom stereocenters. The first kappa shape index (κ1) is 28.0. The van der Waals surface area contributed by atoms with Crippen LogP contribution in [0.15, 0.2) is 12.1 Å². The number of benzene rings is 2. The van der Waals surface area contributed by atoms with E-state index >= 15 is 4.39 Å². The van der Waals surface area contributed by atoms with Crippen molar-refractivity contribution in [2.45, 2.75) is 56.3 Å². The zero-order valence-corrected chi connectivity index (χ0v) is 25.2. The SMILES string of the molecule is N#Cc1c(N)sc2c(F)ccc(-c3c(Cl)c4c5c(nc(OCC67CCCN6C[C@H](F)C7)nc5c3F)N3CCCC[C@@H]3CO4)c12. The Balaban J connectivity index is 1.34. The van der Waals surface area contributed by atoms with Crippen molar-refractivity contribution in [3.63, 3.8) is 0 Å². The summed E-state index contributed by atoms with van der Waals surface area (Å²) in [5, 5.41) is 10.5. The molecular formula is C31H28ClF3N6O2S. The molecule has 0 amide bonds. The Kier molecular flexibility index (Phi) is 6.52. The number of nitrogen functional groups attached to an aromatic ring is 1. The highest BCUT2D eigenvalue weighted by Crippen LogP contribution is 2.51. The topological polar surface area (TPSA) is 101 Å². The van der Waals surface area contributed by atoms with E-state index in [9.17, 15) is 14.0 Å². The summed E-state index contributed by atoms with van der Waals surface area (Å²) in [5.74, 6) is -0.640. The van der Waals surface area contributed by atoms with E-state index in [0.29, 0.717) is 37.3 Å². The number of ether oxygens (including phenoxy) is 2. The van der Waals surface area contributed by atoms with Crippen LogP contribution in [0.25, 0.3) is 32.1 Å². The van der Waals surface area contributed by atoms with Crippen LogP contribution in [-0.4, -0.2) is 65.5 Å². The minimum atomic E-state index is -0.922. The highest BCUT2D eigenvalue weighted by Gasteiger charge is 2.49. The number of piperidine rings is 1. The molecule has 0 radical (unpaired) electrons. The van der Waals surface area contributed by atoms with Crippen molar-refractivity contribution in [1.82, 2.24) is 14.9 Å². The third kappa shape index (κ3) is 4.05. The zero-order chi connectivity index (χ0) is 30.3. The lowest BCUT2D eigenvalue weighted by Gasteiger charge is -2.35. The first-order valence-corrected chi connectivity index (χ1v) is 16.0. The lowest BCUT2D eigenvalue weighted by Crippen LogP contribution is -2.44. The number of nitrogens with zero attached hydrogens (tertiary/aromatic N) is 5. The van der Waals surface area contributed by atoms with Crippen molar-refractivity contribution in [3.8, 4) is 29.0 Å². The fourth-order valence-electron chi connectivity index (χ4n) is 7.67. The highest BCUT2D eigenvalue weighted by molar-refractivity contribution is 7.23. The van der Waals surface area contributed by atoms with Crippen LogP contribution in [0.2, 0.25) is 5.02 Å². The van der Waals surface area contributed by atoms with Gasteiger partial charge in [0.2, 0.25) is 0 Å². The number of thiophene rings is 1. The fraction of sp³-hybridized carbons (Fsp3) is 0.452. The van der Waals surface area contributed by atoms with Gasteiger partial charge < -0.3 is 20.1 Å². The standard InChI is InChI=1S/C31H28ClF3N6O2S/c32-23-21(17-5-6-19(34)27-20(17)18(11-36)28(37)44-27)24(35)25-22-26(23)42-13-16-4-1-2-9-41(16)29(22)39-30(38-25)43-14-31-7-3-8-40(31)12-15(33)10-31/h5-6,15-16H,1-4,7-10,12-14,37H2/t15-,16-,31?/m1/s1. The van der Waals surface area contributed by atoms with E-state index in [4.69, 9.17) is 31.8 Å². The minimum Gasteiger partial charge on any atom is -0.489 e. The maximum atomic E-state index is 17.0. The summed E-state index contributed by atoms with van der Waals surface area (Å²) in [6.45, 7) is 2.37. The number of halogens is 4. The number of fused-ring (bicyclic) bond motifs is 4. The maximum Gasteiger partial charge on any atom is 0.319 e. The van der Waals surface area contributed by atoms with Gasteiger partial charge in [0.1, 0.15) is 47.6 Å². The molecular weight excluding hydrogens is 613 g/mol. The summed E-state index contributed by atoms with van der Waals surface area (Å²) in [6, 6.07) is 4.61. The molecule has 3 saturated heterocycles. The Hall–Kier alpha value is -3.53. The maximum absolute atomic E-state index is 17.0. The molecule has 3 fully saturated rings. The molecule has 0 spiro atoms. The molecule has 2 N–H and O–H groups in total. The Morgan fingerprint density at radius 2 is 2.07 bits per heavy atom. The Labute approximate surface area is 260 Å². The minimum absolute atomic E-state index is 0.0119. The Morgan fingerprint density at radius 1 is 1.20 bits per heavy atom. The number of anilines is 2. The van der Waals surface area contributed by atoms with Crippen molar-refractivity contribution < 1.29 is 22.6 Å². The van der Waals surface area contributed by atoms with E-state index < -0.39 is 23.3 Å². The van der Waals surface area contributed by atoms with Crippen LogP contribution in [0.3, 0.4) is 0 Å². The molecule has 44 heavy (non-hydrogen) atoms. The molecule has 13 heteroatoms. The predicted octanol–water partition coefficient (Wildman–Crippen LogP) is 6.60. The van der Waals surface area contributed by atoms with Crippen LogP contribution in [0.4, 0.5) is 24.0 Å². The van der Waals surface area contributed by atoms with Gasteiger partial charge >= 0.3 is 6.01 Å². The summed E-state index contributed by atoms with van der Waals surface area (Å²) < 4.78 is 59.0. The monoisotopic (exact) mass is 640 g/mol.